The summed E-state index contributed by atoms with van der Waals surface area (Å²) >= 11 is 0. The Morgan fingerprint density at radius 2 is 1.97 bits per heavy atom. The largest absolute Gasteiger partial charge is 0.405 e. The lowest BCUT2D eigenvalue weighted by Crippen LogP contribution is -2.48. The van der Waals surface area contributed by atoms with E-state index >= 15 is 0 Å². The topological polar surface area (TPSA) is 125 Å². The SMILES string of the molecule is CS(=O)(=O)c1ccc(NC(=O)N2c3nc(C(=O)NCC(F)(F)F)ccc3N3CCC2C3)nc1. The fourth-order valence-electron chi connectivity index (χ4n) is 3.71. The second kappa shape index (κ2) is 8.17. The summed E-state index contributed by atoms with van der Waals surface area (Å²) in [6.07, 6.45) is -1.79. The van der Waals surface area contributed by atoms with Gasteiger partial charge in [-0.25, -0.2) is 23.2 Å². The maximum Gasteiger partial charge on any atom is 0.405 e. The summed E-state index contributed by atoms with van der Waals surface area (Å²) in [5.74, 6) is -0.761. The first-order valence-electron chi connectivity index (χ1n) is 9.80. The molecule has 2 bridgehead atoms. The summed E-state index contributed by atoms with van der Waals surface area (Å²) in [5, 5.41) is 4.35. The number of carbonyl (C=O) groups excluding carboxylic acids is 2. The molecule has 3 amide bonds. The number of halogens is 3. The molecule has 33 heavy (non-hydrogen) atoms. The van der Waals surface area contributed by atoms with Crippen LogP contribution in [0.4, 0.5) is 35.3 Å². The van der Waals surface area contributed by atoms with Gasteiger partial charge in [0.1, 0.15) is 18.1 Å². The van der Waals surface area contributed by atoms with E-state index in [1.165, 1.54) is 23.1 Å². The molecule has 4 rings (SSSR count). The average Bonchev–Trinajstić information content (AvgIpc) is 3.15. The minimum absolute atomic E-state index is 0.00794. The molecule has 2 aromatic heterocycles. The first-order chi connectivity index (χ1) is 15.4. The molecule has 2 N–H and O–H groups in total. The molecule has 0 saturated carbocycles. The molecule has 1 atom stereocenters. The zero-order valence-corrected chi connectivity index (χ0v) is 18.1. The third-order valence-electron chi connectivity index (χ3n) is 5.25. The van der Waals surface area contributed by atoms with Crippen molar-refractivity contribution in [3.05, 3.63) is 36.2 Å². The first kappa shape index (κ1) is 22.8. The van der Waals surface area contributed by atoms with Crippen molar-refractivity contribution in [3.63, 3.8) is 0 Å². The maximum atomic E-state index is 13.1. The van der Waals surface area contributed by atoms with E-state index in [0.29, 0.717) is 25.2 Å². The van der Waals surface area contributed by atoms with Crippen LogP contribution in [0.15, 0.2) is 35.4 Å². The number of nitrogens with one attached hydrogen (secondary N) is 2. The number of rotatable bonds is 4. The van der Waals surface area contributed by atoms with Crippen molar-refractivity contribution < 1.29 is 31.2 Å². The van der Waals surface area contributed by atoms with Crippen molar-refractivity contribution >= 4 is 39.1 Å². The summed E-state index contributed by atoms with van der Waals surface area (Å²) in [6, 6.07) is 4.63. The average molecular weight is 484 g/mol. The summed E-state index contributed by atoms with van der Waals surface area (Å²) in [4.78, 5) is 36.7. The monoisotopic (exact) mass is 484 g/mol. The smallest absolute Gasteiger partial charge is 0.366 e. The quantitative estimate of drug-likeness (QED) is 0.678. The van der Waals surface area contributed by atoms with E-state index in [-0.39, 0.29) is 28.3 Å². The van der Waals surface area contributed by atoms with Crippen LogP contribution in [0.5, 0.6) is 0 Å². The molecule has 4 heterocycles. The number of aromatic nitrogens is 2. The van der Waals surface area contributed by atoms with Crippen molar-refractivity contribution in [2.75, 3.05) is 41.0 Å². The number of anilines is 3. The van der Waals surface area contributed by atoms with Gasteiger partial charge >= 0.3 is 12.2 Å². The van der Waals surface area contributed by atoms with Gasteiger partial charge in [0.25, 0.3) is 5.91 Å². The van der Waals surface area contributed by atoms with Crippen LogP contribution in [0.3, 0.4) is 0 Å². The number of fused-ring (bicyclic) bond motifs is 4. The third-order valence-corrected chi connectivity index (χ3v) is 6.35. The summed E-state index contributed by atoms with van der Waals surface area (Å²) in [7, 11) is -3.45. The minimum atomic E-state index is -4.57. The number of sulfone groups is 1. The number of alkyl halides is 3. The second-order valence-corrected chi connectivity index (χ2v) is 9.69. The van der Waals surface area contributed by atoms with Crippen molar-refractivity contribution in [2.45, 2.75) is 23.5 Å². The molecule has 14 heteroatoms. The number of hydrogen-bond donors (Lipinski definition) is 2. The summed E-state index contributed by atoms with van der Waals surface area (Å²) in [6.45, 7) is -0.328. The second-order valence-electron chi connectivity index (χ2n) is 7.68. The van der Waals surface area contributed by atoms with Gasteiger partial charge in [0, 0.05) is 25.5 Å². The highest BCUT2D eigenvalue weighted by Crippen LogP contribution is 2.39. The molecule has 0 aliphatic carbocycles. The molecule has 1 unspecified atom stereocenters. The summed E-state index contributed by atoms with van der Waals surface area (Å²) < 4.78 is 60.5. The standard InChI is InChI=1S/C19H19F3N6O4S/c1-33(31,32)12-2-5-15(23-8-12)26-18(30)28-11-6-7-27(9-11)14-4-3-13(25-16(14)28)17(29)24-10-19(20,21)22/h2-5,8,11H,6-7,9-10H2,1H3,(H,24,29)(H,23,26,30). The van der Waals surface area contributed by atoms with Crippen LogP contribution in [-0.4, -0.2) is 68.4 Å². The fourth-order valence-corrected chi connectivity index (χ4v) is 4.27. The zero-order chi connectivity index (χ0) is 24.0. The van der Waals surface area contributed by atoms with Gasteiger partial charge in [0.15, 0.2) is 15.7 Å². The number of carbonyl (C=O) groups is 2. The van der Waals surface area contributed by atoms with E-state index in [0.717, 1.165) is 12.5 Å². The number of nitrogens with zero attached hydrogens (tertiary/aromatic N) is 4. The Morgan fingerprint density at radius 3 is 2.61 bits per heavy atom. The lowest BCUT2D eigenvalue weighted by molar-refractivity contribution is -0.123. The molecule has 10 nitrogen and oxygen atoms in total. The highest BCUT2D eigenvalue weighted by Gasteiger charge is 2.40. The lowest BCUT2D eigenvalue weighted by Gasteiger charge is -2.35. The molecule has 0 aromatic carbocycles. The molecule has 1 fully saturated rings. The van der Waals surface area contributed by atoms with Crippen LogP contribution in [0, 0.1) is 0 Å². The van der Waals surface area contributed by atoms with Gasteiger partial charge in [-0.2, -0.15) is 13.2 Å². The van der Waals surface area contributed by atoms with Crippen molar-refractivity contribution in [3.8, 4) is 0 Å². The van der Waals surface area contributed by atoms with Crippen LogP contribution in [0.25, 0.3) is 0 Å². The maximum absolute atomic E-state index is 13.1. The Kier molecular flexibility index (Phi) is 5.64. The van der Waals surface area contributed by atoms with Gasteiger partial charge in [0.05, 0.1) is 16.6 Å². The predicted octanol–water partition coefficient (Wildman–Crippen LogP) is 1.80. The Labute approximate surface area is 186 Å². The van der Waals surface area contributed by atoms with Gasteiger partial charge in [-0.3, -0.25) is 15.0 Å². The Hall–Kier alpha value is -3.42. The number of amides is 3. The van der Waals surface area contributed by atoms with Gasteiger partial charge in [-0.05, 0) is 30.7 Å². The Morgan fingerprint density at radius 1 is 1.21 bits per heavy atom. The van der Waals surface area contributed by atoms with Gasteiger partial charge in [-0.15, -0.1) is 0 Å². The molecular weight excluding hydrogens is 465 g/mol. The fraction of sp³-hybridized carbons (Fsp3) is 0.368. The summed E-state index contributed by atoms with van der Waals surface area (Å²) in [5.41, 5.74) is 0.320. The lowest BCUT2D eigenvalue weighted by atomic mass is 10.1. The number of pyridine rings is 2. The third kappa shape index (κ3) is 4.84. The van der Waals surface area contributed by atoms with E-state index in [1.54, 1.807) is 11.4 Å². The highest BCUT2D eigenvalue weighted by molar-refractivity contribution is 7.90. The van der Waals surface area contributed by atoms with E-state index in [1.807, 2.05) is 4.90 Å². The predicted molar refractivity (Wildman–Crippen MR) is 112 cm³/mol. The Bertz CT molecular complexity index is 1200. The zero-order valence-electron chi connectivity index (χ0n) is 17.3. The van der Waals surface area contributed by atoms with Crippen LogP contribution in [0.1, 0.15) is 16.9 Å². The number of urea groups is 1. The normalized spacial score (nSPS) is 17.5. The molecule has 2 aromatic rings. The van der Waals surface area contributed by atoms with E-state index in [9.17, 15) is 31.2 Å². The van der Waals surface area contributed by atoms with Crippen LogP contribution < -0.4 is 20.4 Å². The number of hydrogen-bond acceptors (Lipinski definition) is 7. The van der Waals surface area contributed by atoms with Gasteiger partial charge in [0.2, 0.25) is 0 Å². The molecule has 0 radical (unpaired) electrons. The van der Waals surface area contributed by atoms with E-state index in [4.69, 9.17) is 0 Å². The highest BCUT2D eigenvalue weighted by atomic mass is 32.2. The van der Waals surface area contributed by atoms with Crippen molar-refractivity contribution in [1.82, 2.24) is 15.3 Å². The van der Waals surface area contributed by atoms with E-state index in [2.05, 4.69) is 15.3 Å². The van der Waals surface area contributed by atoms with Crippen molar-refractivity contribution in [2.24, 2.45) is 0 Å². The van der Waals surface area contributed by atoms with Crippen molar-refractivity contribution in [1.29, 1.82) is 0 Å². The Balaban J connectivity index is 1.59. The molecule has 1 saturated heterocycles. The van der Waals surface area contributed by atoms with Crippen LogP contribution in [-0.2, 0) is 9.84 Å². The van der Waals surface area contributed by atoms with E-state index < -0.39 is 34.5 Å². The van der Waals surface area contributed by atoms with Gasteiger partial charge < -0.3 is 10.2 Å². The minimum Gasteiger partial charge on any atom is -0.366 e. The molecule has 176 valence electrons. The molecule has 2 aliphatic heterocycles. The molecular formula is C19H19F3N6O4S. The molecule has 2 aliphatic rings. The first-order valence-corrected chi connectivity index (χ1v) is 11.7. The van der Waals surface area contributed by atoms with Crippen LogP contribution in [0.2, 0.25) is 0 Å². The molecule has 0 spiro atoms. The van der Waals surface area contributed by atoms with Gasteiger partial charge in [-0.1, -0.05) is 0 Å². The van der Waals surface area contributed by atoms with Crippen LogP contribution >= 0.6 is 0 Å².